The number of hydrogen-bond acceptors (Lipinski definition) is 6. The summed E-state index contributed by atoms with van der Waals surface area (Å²) < 4.78 is 32.2. The van der Waals surface area contributed by atoms with Crippen LogP contribution in [0.2, 0.25) is 0 Å². The van der Waals surface area contributed by atoms with E-state index in [1.54, 1.807) is 43.3 Å². The molecule has 3 aromatic carbocycles. The van der Waals surface area contributed by atoms with Crippen LogP contribution in [0.4, 0.5) is 30.6 Å². The molecule has 3 aromatic rings. The standard InChI is InChI=1S/C23H18F2N4O4/c1-2-33-22(31)14-6-8-16(9-7-14)28-29-17-12-10-15(11-13-17)26-23(32)27-21(30)20-18(24)4-3-5-19(20)25/h3-13H,2H2,1H3,(H2,26,27,30,32). The third-order valence-electron chi connectivity index (χ3n) is 4.20. The normalized spacial score (nSPS) is 10.6. The van der Waals surface area contributed by atoms with Crippen LogP contribution in [0.1, 0.15) is 27.6 Å². The maximum atomic E-state index is 13.6. The van der Waals surface area contributed by atoms with Crippen molar-refractivity contribution >= 4 is 35.0 Å². The van der Waals surface area contributed by atoms with Crippen molar-refractivity contribution in [3.63, 3.8) is 0 Å². The summed E-state index contributed by atoms with van der Waals surface area (Å²) >= 11 is 0. The van der Waals surface area contributed by atoms with Gasteiger partial charge < -0.3 is 10.1 Å². The largest absolute Gasteiger partial charge is 0.462 e. The first kappa shape index (κ1) is 23.2. The smallest absolute Gasteiger partial charge is 0.338 e. The maximum Gasteiger partial charge on any atom is 0.338 e. The summed E-state index contributed by atoms with van der Waals surface area (Å²) in [5.41, 5.74) is 0.856. The Bertz CT molecular complexity index is 1180. The summed E-state index contributed by atoms with van der Waals surface area (Å²) in [6.45, 7) is 2.01. The molecule has 33 heavy (non-hydrogen) atoms. The first-order chi connectivity index (χ1) is 15.9. The van der Waals surface area contributed by atoms with E-state index >= 15 is 0 Å². The van der Waals surface area contributed by atoms with Crippen LogP contribution >= 0.6 is 0 Å². The van der Waals surface area contributed by atoms with E-state index in [0.29, 0.717) is 22.6 Å². The first-order valence-corrected chi connectivity index (χ1v) is 9.72. The molecule has 0 heterocycles. The van der Waals surface area contributed by atoms with Gasteiger partial charge in [0.05, 0.1) is 23.5 Å². The molecular formula is C23H18F2N4O4. The second-order valence-corrected chi connectivity index (χ2v) is 6.52. The van der Waals surface area contributed by atoms with Crippen molar-refractivity contribution in [1.29, 1.82) is 0 Å². The third-order valence-corrected chi connectivity index (χ3v) is 4.20. The number of benzene rings is 3. The maximum absolute atomic E-state index is 13.6. The van der Waals surface area contributed by atoms with Crippen molar-refractivity contribution in [3.8, 4) is 0 Å². The van der Waals surface area contributed by atoms with Crippen LogP contribution in [0.15, 0.2) is 77.0 Å². The summed E-state index contributed by atoms with van der Waals surface area (Å²) in [5, 5.41) is 12.4. The van der Waals surface area contributed by atoms with E-state index in [4.69, 9.17) is 4.74 Å². The van der Waals surface area contributed by atoms with Crippen LogP contribution in [0, 0.1) is 11.6 Å². The van der Waals surface area contributed by atoms with Gasteiger partial charge in [-0.15, -0.1) is 0 Å². The highest BCUT2D eigenvalue weighted by Gasteiger charge is 2.19. The molecule has 0 saturated heterocycles. The van der Waals surface area contributed by atoms with Crippen LogP contribution in [0.3, 0.4) is 0 Å². The average Bonchev–Trinajstić information content (AvgIpc) is 2.79. The van der Waals surface area contributed by atoms with Gasteiger partial charge in [-0.1, -0.05) is 6.07 Å². The number of hydrogen-bond donors (Lipinski definition) is 2. The minimum absolute atomic E-state index is 0.285. The number of nitrogens with one attached hydrogen (secondary N) is 2. The molecule has 0 aliphatic rings. The fourth-order valence-electron chi connectivity index (χ4n) is 2.65. The van der Waals surface area contributed by atoms with Gasteiger partial charge in [0.1, 0.15) is 17.2 Å². The van der Waals surface area contributed by atoms with Crippen molar-refractivity contribution in [3.05, 3.63) is 89.5 Å². The van der Waals surface area contributed by atoms with Crippen LogP contribution in [0.25, 0.3) is 0 Å². The van der Waals surface area contributed by atoms with E-state index in [2.05, 4.69) is 15.5 Å². The zero-order chi connectivity index (χ0) is 23.8. The molecule has 10 heteroatoms. The topological polar surface area (TPSA) is 109 Å². The van der Waals surface area contributed by atoms with E-state index in [9.17, 15) is 23.2 Å². The van der Waals surface area contributed by atoms with E-state index in [-0.39, 0.29) is 6.61 Å². The van der Waals surface area contributed by atoms with Gasteiger partial charge in [-0.05, 0) is 67.6 Å². The number of rotatable bonds is 6. The summed E-state index contributed by atoms with van der Waals surface area (Å²) in [7, 11) is 0. The fourth-order valence-corrected chi connectivity index (χ4v) is 2.65. The molecule has 0 aliphatic heterocycles. The van der Waals surface area contributed by atoms with E-state index in [1.165, 1.54) is 12.1 Å². The number of esters is 1. The number of ether oxygens (including phenoxy) is 1. The second kappa shape index (κ2) is 10.7. The molecule has 0 saturated carbocycles. The highest BCUT2D eigenvalue weighted by molar-refractivity contribution is 6.08. The molecule has 168 valence electrons. The van der Waals surface area contributed by atoms with Crippen molar-refractivity contribution in [2.24, 2.45) is 10.2 Å². The Labute approximate surface area is 187 Å². The number of carbonyl (C=O) groups excluding carboxylic acids is 3. The fraction of sp³-hybridized carbons (Fsp3) is 0.0870. The Morgan fingerprint density at radius 1 is 0.848 bits per heavy atom. The van der Waals surface area contributed by atoms with Gasteiger partial charge in [-0.3, -0.25) is 10.1 Å². The van der Waals surface area contributed by atoms with Gasteiger partial charge >= 0.3 is 12.0 Å². The second-order valence-electron chi connectivity index (χ2n) is 6.52. The molecule has 3 rings (SSSR count). The zero-order valence-electron chi connectivity index (χ0n) is 17.3. The Balaban J connectivity index is 1.57. The lowest BCUT2D eigenvalue weighted by Crippen LogP contribution is -2.35. The number of halogens is 2. The van der Waals surface area contributed by atoms with Crippen molar-refractivity contribution in [2.75, 3.05) is 11.9 Å². The average molecular weight is 452 g/mol. The Morgan fingerprint density at radius 2 is 1.39 bits per heavy atom. The van der Waals surface area contributed by atoms with Gasteiger partial charge in [-0.25, -0.2) is 18.4 Å². The van der Waals surface area contributed by atoms with Gasteiger partial charge in [0, 0.05) is 5.69 Å². The molecule has 2 N–H and O–H groups in total. The van der Waals surface area contributed by atoms with Gasteiger partial charge in [-0.2, -0.15) is 10.2 Å². The SMILES string of the molecule is CCOC(=O)c1ccc(N=Nc2ccc(NC(=O)NC(=O)c3c(F)cccc3F)cc2)cc1. The lowest BCUT2D eigenvalue weighted by molar-refractivity contribution is 0.0526. The molecule has 0 aliphatic carbocycles. The lowest BCUT2D eigenvalue weighted by atomic mass is 10.2. The van der Waals surface area contributed by atoms with Crippen molar-refractivity contribution in [1.82, 2.24) is 5.32 Å². The van der Waals surface area contributed by atoms with Gasteiger partial charge in [0.15, 0.2) is 0 Å². The van der Waals surface area contributed by atoms with Crippen molar-refractivity contribution in [2.45, 2.75) is 6.92 Å². The lowest BCUT2D eigenvalue weighted by Gasteiger charge is -2.08. The molecule has 8 nitrogen and oxygen atoms in total. The number of carbonyl (C=O) groups is 3. The molecular weight excluding hydrogens is 434 g/mol. The quantitative estimate of drug-likeness (QED) is 0.379. The number of anilines is 1. The van der Waals surface area contributed by atoms with Crippen LogP contribution in [0.5, 0.6) is 0 Å². The van der Waals surface area contributed by atoms with Gasteiger partial charge in [0.2, 0.25) is 0 Å². The Kier molecular flexibility index (Phi) is 7.53. The van der Waals surface area contributed by atoms with E-state index in [1.807, 2.05) is 5.32 Å². The predicted molar refractivity (Wildman–Crippen MR) is 116 cm³/mol. The molecule has 0 unspecified atom stereocenters. The molecule has 0 radical (unpaired) electrons. The predicted octanol–water partition coefficient (Wildman–Crippen LogP) is 5.52. The highest BCUT2D eigenvalue weighted by atomic mass is 19.1. The minimum atomic E-state index is -1.21. The third kappa shape index (κ3) is 6.26. The summed E-state index contributed by atoms with van der Waals surface area (Å²) in [4.78, 5) is 35.6. The molecule has 0 fully saturated rings. The van der Waals surface area contributed by atoms with Crippen LogP contribution in [-0.4, -0.2) is 24.5 Å². The number of imide groups is 1. The molecule has 0 atom stereocenters. The first-order valence-electron chi connectivity index (χ1n) is 9.72. The van der Waals surface area contributed by atoms with Crippen LogP contribution < -0.4 is 10.6 Å². The Hall–Kier alpha value is -4.47. The van der Waals surface area contributed by atoms with Crippen LogP contribution in [-0.2, 0) is 4.74 Å². The Morgan fingerprint density at radius 3 is 1.94 bits per heavy atom. The number of azo groups is 1. The van der Waals surface area contributed by atoms with Gasteiger partial charge in [0.25, 0.3) is 5.91 Å². The molecule has 0 spiro atoms. The highest BCUT2D eigenvalue weighted by Crippen LogP contribution is 2.21. The molecule has 0 bridgehead atoms. The number of urea groups is 1. The summed E-state index contributed by atoms with van der Waals surface area (Å²) in [6.07, 6.45) is 0. The van der Waals surface area contributed by atoms with Crippen molar-refractivity contribution < 1.29 is 27.9 Å². The van der Waals surface area contributed by atoms with E-state index in [0.717, 1.165) is 18.2 Å². The minimum Gasteiger partial charge on any atom is -0.462 e. The monoisotopic (exact) mass is 452 g/mol. The molecule has 3 amide bonds. The van der Waals surface area contributed by atoms with E-state index < -0.39 is 35.1 Å². The number of amides is 3. The number of nitrogens with zero attached hydrogens (tertiary/aromatic N) is 2. The molecule has 0 aromatic heterocycles. The zero-order valence-corrected chi connectivity index (χ0v) is 17.3. The summed E-state index contributed by atoms with van der Waals surface area (Å²) in [5.74, 6) is -3.78. The summed E-state index contributed by atoms with van der Waals surface area (Å²) in [6, 6.07) is 14.5.